The van der Waals surface area contributed by atoms with Crippen LogP contribution in [0, 0.1) is 6.92 Å². The zero-order valence-electron chi connectivity index (χ0n) is 8.10. The maximum Gasteiger partial charge on any atom is 0.325 e. The lowest BCUT2D eigenvalue weighted by Crippen LogP contribution is -2.10. The van der Waals surface area contributed by atoms with Crippen LogP contribution in [0.2, 0.25) is 0 Å². The highest BCUT2D eigenvalue weighted by Crippen LogP contribution is 2.07. The predicted molar refractivity (Wildman–Crippen MR) is 49.9 cm³/mol. The van der Waals surface area contributed by atoms with E-state index in [1.807, 2.05) is 19.2 Å². The van der Waals surface area contributed by atoms with Crippen LogP contribution in [0.3, 0.4) is 0 Å². The van der Waals surface area contributed by atoms with Gasteiger partial charge in [0.15, 0.2) is 0 Å². The minimum absolute atomic E-state index is 0.220. The zero-order chi connectivity index (χ0) is 10.1. The van der Waals surface area contributed by atoms with Gasteiger partial charge in [0.05, 0.1) is 12.8 Å². The normalized spacial score (nSPS) is 10.7. The van der Waals surface area contributed by atoms with Gasteiger partial charge in [-0.25, -0.2) is 4.52 Å². The van der Waals surface area contributed by atoms with Crippen molar-refractivity contribution >= 4 is 11.6 Å². The average Bonchev–Trinajstić information content (AvgIpc) is 2.67. The molecule has 0 aromatic carbocycles. The molecule has 0 aliphatic rings. The Kier molecular flexibility index (Phi) is 1.99. The van der Waals surface area contributed by atoms with Crippen LogP contribution in [0.15, 0.2) is 18.5 Å². The number of aryl methyl sites for hydroxylation is 1. The lowest BCUT2D eigenvalue weighted by atomic mass is 10.5. The van der Waals surface area contributed by atoms with Gasteiger partial charge in [-0.1, -0.05) is 0 Å². The number of imidazole rings is 1. The van der Waals surface area contributed by atoms with Crippen molar-refractivity contribution in [1.29, 1.82) is 0 Å². The Bertz CT molecular complexity index is 469. The summed E-state index contributed by atoms with van der Waals surface area (Å²) in [6.07, 6.45) is 3.62. The highest BCUT2D eigenvalue weighted by molar-refractivity contribution is 5.70. The summed E-state index contributed by atoms with van der Waals surface area (Å²) in [7, 11) is 1.38. The number of esters is 1. The summed E-state index contributed by atoms with van der Waals surface area (Å²) >= 11 is 0. The zero-order valence-corrected chi connectivity index (χ0v) is 8.10. The summed E-state index contributed by atoms with van der Waals surface area (Å²) in [5.41, 5.74) is 1.83. The second kappa shape index (κ2) is 3.17. The third-order valence-electron chi connectivity index (χ3n) is 2.05. The number of methoxy groups -OCH3 is 1. The van der Waals surface area contributed by atoms with Crippen LogP contribution in [0.4, 0.5) is 0 Å². The summed E-state index contributed by atoms with van der Waals surface area (Å²) in [5, 5.41) is 4.21. The molecular weight excluding hydrogens is 182 g/mol. The van der Waals surface area contributed by atoms with Gasteiger partial charge >= 0.3 is 5.97 Å². The molecule has 0 atom stereocenters. The fraction of sp³-hybridized carbons (Fsp3) is 0.333. The van der Waals surface area contributed by atoms with E-state index in [9.17, 15) is 4.79 Å². The molecule has 0 aliphatic heterocycles. The molecule has 5 nitrogen and oxygen atoms in total. The number of aromatic nitrogens is 3. The smallest absolute Gasteiger partial charge is 0.325 e. The molecule has 2 aromatic rings. The highest BCUT2D eigenvalue weighted by Gasteiger charge is 2.07. The topological polar surface area (TPSA) is 48.5 Å². The SMILES string of the molecule is COC(=O)Cn1ccn2nc(C)cc12. The van der Waals surface area contributed by atoms with Gasteiger partial charge in [0.25, 0.3) is 0 Å². The van der Waals surface area contributed by atoms with E-state index < -0.39 is 0 Å². The van der Waals surface area contributed by atoms with Crippen molar-refractivity contribution in [1.82, 2.24) is 14.2 Å². The van der Waals surface area contributed by atoms with E-state index >= 15 is 0 Å². The van der Waals surface area contributed by atoms with Crippen molar-refractivity contribution in [2.45, 2.75) is 13.5 Å². The molecular formula is C9H11N3O2. The van der Waals surface area contributed by atoms with Crippen LogP contribution >= 0.6 is 0 Å². The van der Waals surface area contributed by atoms with Gasteiger partial charge in [-0.05, 0) is 6.92 Å². The Morgan fingerprint density at radius 1 is 1.57 bits per heavy atom. The van der Waals surface area contributed by atoms with Gasteiger partial charge < -0.3 is 9.30 Å². The Morgan fingerprint density at radius 2 is 2.36 bits per heavy atom. The molecule has 0 spiro atoms. The van der Waals surface area contributed by atoms with Crippen molar-refractivity contribution in [3.8, 4) is 0 Å². The quantitative estimate of drug-likeness (QED) is 0.657. The van der Waals surface area contributed by atoms with E-state index in [4.69, 9.17) is 0 Å². The number of carbonyl (C=O) groups excluding carboxylic acids is 1. The van der Waals surface area contributed by atoms with Crippen molar-refractivity contribution in [2.24, 2.45) is 0 Å². The molecule has 74 valence electrons. The molecule has 5 heteroatoms. The van der Waals surface area contributed by atoms with Crippen LogP contribution in [0.25, 0.3) is 5.65 Å². The molecule has 0 radical (unpaired) electrons. The van der Waals surface area contributed by atoms with Crippen LogP contribution < -0.4 is 0 Å². The minimum Gasteiger partial charge on any atom is -0.468 e. The van der Waals surface area contributed by atoms with E-state index in [1.165, 1.54) is 7.11 Å². The van der Waals surface area contributed by atoms with Crippen molar-refractivity contribution in [3.05, 3.63) is 24.2 Å². The van der Waals surface area contributed by atoms with Gasteiger partial charge in [0.1, 0.15) is 12.2 Å². The van der Waals surface area contributed by atoms with Crippen LogP contribution in [0.5, 0.6) is 0 Å². The molecule has 0 fully saturated rings. The first kappa shape index (κ1) is 8.80. The second-order valence-corrected chi connectivity index (χ2v) is 3.09. The summed E-state index contributed by atoms with van der Waals surface area (Å²) in [6.45, 7) is 2.13. The number of hydrogen-bond acceptors (Lipinski definition) is 3. The van der Waals surface area contributed by atoms with Gasteiger partial charge in [-0.15, -0.1) is 0 Å². The second-order valence-electron chi connectivity index (χ2n) is 3.09. The van der Waals surface area contributed by atoms with Crippen molar-refractivity contribution < 1.29 is 9.53 Å². The Labute approximate surface area is 80.9 Å². The summed E-state index contributed by atoms with van der Waals surface area (Å²) in [4.78, 5) is 11.1. The Morgan fingerprint density at radius 3 is 3.07 bits per heavy atom. The summed E-state index contributed by atoms with van der Waals surface area (Å²) < 4.78 is 8.12. The number of rotatable bonds is 2. The summed E-state index contributed by atoms with van der Waals surface area (Å²) in [5.74, 6) is -0.262. The predicted octanol–water partition coefficient (Wildman–Crippen LogP) is 0.617. The first-order valence-electron chi connectivity index (χ1n) is 4.28. The van der Waals surface area contributed by atoms with E-state index in [1.54, 1.807) is 15.3 Å². The van der Waals surface area contributed by atoms with Crippen LogP contribution in [0.1, 0.15) is 5.69 Å². The fourth-order valence-corrected chi connectivity index (χ4v) is 1.38. The molecule has 0 aliphatic carbocycles. The fourth-order valence-electron chi connectivity index (χ4n) is 1.38. The Balaban J connectivity index is 2.37. The molecule has 0 amide bonds. The van der Waals surface area contributed by atoms with E-state index in [0.29, 0.717) is 0 Å². The van der Waals surface area contributed by atoms with Gasteiger partial charge in [0, 0.05) is 18.5 Å². The van der Waals surface area contributed by atoms with Crippen LogP contribution in [-0.4, -0.2) is 27.3 Å². The molecule has 0 saturated carbocycles. The Hall–Kier alpha value is -1.78. The van der Waals surface area contributed by atoms with E-state index in [-0.39, 0.29) is 12.5 Å². The molecule has 0 bridgehead atoms. The highest BCUT2D eigenvalue weighted by atomic mass is 16.5. The number of ether oxygens (including phenoxy) is 1. The molecule has 14 heavy (non-hydrogen) atoms. The monoisotopic (exact) mass is 193 g/mol. The first-order chi connectivity index (χ1) is 6.70. The first-order valence-corrected chi connectivity index (χ1v) is 4.28. The lowest BCUT2D eigenvalue weighted by Gasteiger charge is -2.00. The molecule has 2 heterocycles. The number of nitrogens with zero attached hydrogens (tertiary/aromatic N) is 3. The number of fused-ring (bicyclic) bond motifs is 1. The maximum atomic E-state index is 11.1. The van der Waals surface area contributed by atoms with Crippen molar-refractivity contribution in [2.75, 3.05) is 7.11 Å². The average molecular weight is 193 g/mol. The summed E-state index contributed by atoms with van der Waals surface area (Å²) in [6, 6.07) is 1.92. The lowest BCUT2D eigenvalue weighted by molar-refractivity contribution is -0.141. The van der Waals surface area contributed by atoms with E-state index in [2.05, 4.69) is 9.84 Å². The number of carbonyl (C=O) groups is 1. The molecule has 0 N–H and O–H groups in total. The maximum absolute atomic E-state index is 11.1. The van der Waals surface area contributed by atoms with Gasteiger partial charge in [-0.3, -0.25) is 4.79 Å². The van der Waals surface area contributed by atoms with E-state index in [0.717, 1.165) is 11.3 Å². The number of hydrogen-bond donors (Lipinski definition) is 0. The molecule has 2 rings (SSSR count). The van der Waals surface area contributed by atoms with Crippen LogP contribution in [-0.2, 0) is 16.1 Å². The molecule has 0 saturated heterocycles. The van der Waals surface area contributed by atoms with Gasteiger partial charge in [-0.2, -0.15) is 5.10 Å². The van der Waals surface area contributed by atoms with Crippen molar-refractivity contribution in [3.63, 3.8) is 0 Å². The minimum atomic E-state index is -0.262. The largest absolute Gasteiger partial charge is 0.468 e. The standard InChI is InChI=1S/C9H11N3O2/c1-7-5-8-11(6-9(13)14-2)3-4-12(8)10-7/h3-5H,6H2,1-2H3. The van der Waals surface area contributed by atoms with Gasteiger partial charge in [0.2, 0.25) is 0 Å². The molecule has 0 unspecified atom stereocenters. The molecule has 2 aromatic heterocycles. The third kappa shape index (κ3) is 1.37. The third-order valence-corrected chi connectivity index (χ3v) is 2.05.